The van der Waals surface area contributed by atoms with Crippen molar-refractivity contribution in [2.75, 3.05) is 19.0 Å². The zero-order valence-electron chi connectivity index (χ0n) is 13.5. The van der Waals surface area contributed by atoms with Crippen molar-refractivity contribution in [3.05, 3.63) is 64.1 Å². The van der Waals surface area contributed by atoms with E-state index in [4.69, 9.17) is 4.74 Å². The van der Waals surface area contributed by atoms with E-state index in [-0.39, 0.29) is 13.0 Å². The topological polar surface area (TPSA) is 81.7 Å². The normalized spacial score (nSPS) is 10.0. The molecule has 0 radical (unpaired) electrons. The molecule has 130 valence electrons. The van der Waals surface area contributed by atoms with E-state index < -0.39 is 17.8 Å². The summed E-state index contributed by atoms with van der Waals surface area (Å²) >= 11 is 3.31. The van der Waals surface area contributed by atoms with Gasteiger partial charge in [-0.05, 0) is 42.0 Å². The molecule has 0 bridgehead atoms. The third kappa shape index (κ3) is 6.04. The molecule has 1 amide bonds. The van der Waals surface area contributed by atoms with Crippen molar-refractivity contribution in [2.24, 2.45) is 0 Å². The van der Waals surface area contributed by atoms with Crippen molar-refractivity contribution in [1.29, 1.82) is 0 Å². The number of benzene rings is 2. The van der Waals surface area contributed by atoms with E-state index in [2.05, 4.69) is 26.0 Å². The number of anilines is 1. The quantitative estimate of drug-likeness (QED) is 0.747. The molecule has 25 heavy (non-hydrogen) atoms. The van der Waals surface area contributed by atoms with Gasteiger partial charge in [0.05, 0.1) is 19.1 Å². The number of halogens is 1. The minimum Gasteiger partial charge on any atom is -0.465 e. The SMILES string of the molecule is COC(=O)c1ccc(NC(=O)COC(=O)Cc2ccc(Br)cc2)cc1. The highest BCUT2D eigenvalue weighted by Gasteiger charge is 2.10. The van der Waals surface area contributed by atoms with E-state index in [1.54, 1.807) is 24.3 Å². The Morgan fingerprint density at radius 3 is 2.24 bits per heavy atom. The lowest BCUT2D eigenvalue weighted by Gasteiger charge is -2.07. The third-order valence-corrected chi connectivity index (χ3v) is 3.74. The fourth-order valence-electron chi connectivity index (χ4n) is 1.97. The van der Waals surface area contributed by atoms with E-state index in [0.717, 1.165) is 10.0 Å². The fourth-order valence-corrected chi connectivity index (χ4v) is 2.23. The van der Waals surface area contributed by atoms with Gasteiger partial charge in [-0.2, -0.15) is 0 Å². The zero-order chi connectivity index (χ0) is 18.2. The number of amides is 1. The average Bonchev–Trinajstić information content (AvgIpc) is 2.62. The molecule has 0 unspecified atom stereocenters. The van der Waals surface area contributed by atoms with Crippen LogP contribution in [0.2, 0.25) is 0 Å². The average molecular weight is 406 g/mol. The Morgan fingerprint density at radius 1 is 1.00 bits per heavy atom. The van der Waals surface area contributed by atoms with Gasteiger partial charge in [0, 0.05) is 10.2 Å². The summed E-state index contributed by atoms with van der Waals surface area (Å²) in [6.45, 7) is -0.381. The Morgan fingerprint density at radius 2 is 1.64 bits per heavy atom. The predicted molar refractivity (Wildman–Crippen MR) is 95.2 cm³/mol. The molecule has 6 nitrogen and oxygen atoms in total. The molecule has 2 rings (SSSR count). The molecule has 2 aromatic rings. The molecule has 0 saturated heterocycles. The fraction of sp³-hybridized carbons (Fsp3) is 0.167. The van der Waals surface area contributed by atoms with Gasteiger partial charge in [0.1, 0.15) is 0 Å². The molecule has 2 aromatic carbocycles. The summed E-state index contributed by atoms with van der Waals surface area (Å²) in [6.07, 6.45) is 0.0917. The molecule has 0 aliphatic carbocycles. The van der Waals surface area contributed by atoms with Crippen LogP contribution >= 0.6 is 15.9 Å². The van der Waals surface area contributed by atoms with Gasteiger partial charge in [-0.3, -0.25) is 9.59 Å². The number of methoxy groups -OCH3 is 1. The maximum absolute atomic E-state index is 11.8. The number of ether oxygens (including phenoxy) is 2. The highest BCUT2D eigenvalue weighted by atomic mass is 79.9. The summed E-state index contributed by atoms with van der Waals surface area (Å²) in [4.78, 5) is 34.9. The predicted octanol–water partition coefficient (Wildman–Crippen LogP) is 2.96. The van der Waals surface area contributed by atoms with Crippen LogP contribution in [-0.2, 0) is 25.5 Å². The van der Waals surface area contributed by atoms with Crippen LogP contribution in [0.15, 0.2) is 53.0 Å². The number of esters is 2. The van der Waals surface area contributed by atoms with Crippen LogP contribution in [0.5, 0.6) is 0 Å². The number of carbonyl (C=O) groups excluding carboxylic acids is 3. The second-order valence-corrected chi connectivity index (χ2v) is 6.00. The van der Waals surface area contributed by atoms with Crippen LogP contribution in [0.1, 0.15) is 15.9 Å². The van der Waals surface area contributed by atoms with Crippen molar-refractivity contribution >= 4 is 39.5 Å². The van der Waals surface area contributed by atoms with Gasteiger partial charge in [-0.1, -0.05) is 28.1 Å². The van der Waals surface area contributed by atoms with Crippen molar-refractivity contribution in [3.8, 4) is 0 Å². The Labute approximate surface area is 153 Å². The second kappa shape index (κ2) is 8.98. The zero-order valence-corrected chi connectivity index (χ0v) is 15.0. The van der Waals surface area contributed by atoms with E-state index in [0.29, 0.717) is 11.3 Å². The first kappa shape index (κ1) is 18.7. The third-order valence-electron chi connectivity index (χ3n) is 3.22. The number of carbonyl (C=O) groups is 3. The van der Waals surface area contributed by atoms with Gasteiger partial charge < -0.3 is 14.8 Å². The van der Waals surface area contributed by atoms with Crippen LogP contribution in [0.4, 0.5) is 5.69 Å². The Balaban J connectivity index is 1.79. The van der Waals surface area contributed by atoms with Crippen LogP contribution in [-0.4, -0.2) is 31.6 Å². The molecule has 1 N–H and O–H groups in total. The first-order valence-corrected chi connectivity index (χ1v) is 8.15. The van der Waals surface area contributed by atoms with E-state index >= 15 is 0 Å². The Hall–Kier alpha value is -2.67. The van der Waals surface area contributed by atoms with E-state index in [9.17, 15) is 14.4 Å². The molecule has 0 aliphatic rings. The molecule has 0 heterocycles. The minimum absolute atomic E-state index is 0.0917. The maximum atomic E-state index is 11.8. The molecule has 0 saturated carbocycles. The Bertz CT molecular complexity index is 756. The lowest BCUT2D eigenvalue weighted by molar-refractivity contribution is -0.146. The molecule has 0 aliphatic heterocycles. The van der Waals surface area contributed by atoms with Gasteiger partial charge in [0.2, 0.25) is 0 Å². The minimum atomic E-state index is -0.487. The van der Waals surface area contributed by atoms with Crippen molar-refractivity contribution in [3.63, 3.8) is 0 Å². The van der Waals surface area contributed by atoms with Crippen molar-refractivity contribution in [1.82, 2.24) is 0 Å². The molecule has 7 heteroatoms. The standard InChI is InChI=1S/C18H16BrNO5/c1-24-18(23)13-4-8-15(9-5-13)20-16(21)11-25-17(22)10-12-2-6-14(19)7-3-12/h2-9H,10-11H2,1H3,(H,20,21). The summed E-state index contributed by atoms with van der Waals surface area (Å²) in [5.41, 5.74) is 1.66. The van der Waals surface area contributed by atoms with E-state index in [1.807, 2.05) is 12.1 Å². The first-order chi connectivity index (χ1) is 12.0. The highest BCUT2D eigenvalue weighted by Crippen LogP contribution is 2.12. The van der Waals surface area contributed by atoms with Crippen LogP contribution in [0.3, 0.4) is 0 Å². The number of nitrogens with one attached hydrogen (secondary N) is 1. The van der Waals surface area contributed by atoms with Crippen LogP contribution in [0.25, 0.3) is 0 Å². The number of rotatable bonds is 6. The molecular formula is C18H16BrNO5. The largest absolute Gasteiger partial charge is 0.465 e. The van der Waals surface area contributed by atoms with Crippen LogP contribution < -0.4 is 5.32 Å². The summed E-state index contributed by atoms with van der Waals surface area (Å²) in [5, 5.41) is 2.58. The van der Waals surface area contributed by atoms with Gasteiger partial charge in [-0.15, -0.1) is 0 Å². The summed E-state index contributed by atoms with van der Waals surface area (Å²) in [5.74, 6) is -1.41. The lowest BCUT2D eigenvalue weighted by atomic mass is 10.2. The molecular weight excluding hydrogens is 390 g/mol. The molecule has 0 atom stereocenters. The molecule has 0 aromatic heterocycles. The molecule has 0 spiro atoms. The smallest absolute Gasteiger partial charge is 0.337 e. The van der Waals surface area contributed by atoms with Gasteiger partial charge >= 0.3 is 11.9 Å². The van der Waals surface area contributed by atoms with Gasteiger partial charge in [-0.25, -0.2) is 4.79 Å². The summed E-state index contributed by atoms with van der Waals surface area (Å²) < 4.78 is 10.5. The summed E-state index contributed by atoms with van der Waals surface area (Å²) in [6, 6.07) is 13.4. The first-order valence-electron chi connectivity index (χ1n) is 7.36. The molecule has 0 fully saturated rings. The lowest BCUT2D eigenvalue weighted by Crippen LogP contribution is -2.21. The number of hydrogen-bond acceptors (Lipinski definition) is 5. The monoisotopic (exact) mass is 405 g/mol. The summed E-state index contributed by atoms with van der Waals surface area (Å²) in [7, 11) is 1.29. The highest BCUT2D eigenvalue weighted by molar-refractivity contribution is 9.10. The van der Waals surface area contributed by atoms with Gasteiger partial charge in [0.25, 0.3) is 5.91 Å². The van der Waals surface area contributed by atoms with Gasteiger partial charge in [0.15, 0.2) is 6.61 Å². The van der Waals surface area contributed by atoms with E-state index in [1.165, 1.54) is 19.2 Å². The maximum Gasteiger partial charge on any atom is 0.337 e. The van der Waals surface area contributed by atoms with Crippen molar-refractivity contribution < 1.29 is 23.9 Å². The van der Waals surface area contributed by atoms with Crippen LogP contribution in [0, 0.1) is 0 Å². The Kier molecular flexibility index (Phi) is 6.71. The second-order valence-electron chi connectivity index (χ2n) is 5.08. The number of hydrogen-bond donors (Lipinski definition) is 1. The van der Waals surface area contributed by atoms with Crippen molar-refractivity contribution in [2.45, 2.75) is 6.42 Å².